The van der Waals surface area contributed by atoms with E-state index >= 15 is 0 Å². The van der Waals surface area contributed by atoms with Crippen molar-refractivity contribution in [3.05, 3.63) is 15.9 Å². The molecule has 3 unspecified atom stereocenters. The molecule has 3 atom stereocenters. The van der Waals surface area contributed by atoms with Crippen LogP contribution in [-0.2, 0) is 13.5 Å². The molecule has 1 aromatic rings. The number of rotatable bonds is 6. The van der Waals surface area contributed by atoms with E-state index in [0.29, 0.717) is 6.04 Å². The SMILES string of the molecule is CCCNC(Cc1c(Br)c(C)nn1C)C1C2CCCCC21. The van der Waals surface area contributed by atoms with E-state index < -0.39 is 0 Å². The molecule has 1 aromatic heterocycles. The van der Waals surface area contributed by atoms with Crippen LogP contribution < -0.4 is 5.32 Å². The van der Waals surface area contributed by atoms with Gasteiger partial charge in [-0.3, -0.25) is 4.68 Å². The summed E-state index contributed by atoms with van der Waals surface area (Å²) < 4.78 is 3.27. The number of hydrogen-bond donors (Lipinski definition) is 1. The molecule has 1 N–H and O–H groups in total. The molecule has 2 aliphatic rings. The van der Waals surface area contributed by atoms with Gasteiger partial charge in [0, 0.05) is 19.5 Å². The number of nitrogens with zero attached hydrogens (tertiary/aromatic N) is 2. The quantitative estimate of drug-likeness (QED) is 0.841. The number of nitrogens with one attached hydrogen (secondary N) is 1. The van der Waals surface area contributed by atoms with Crippen LogP contribution in [0.4, 0.5) is 0 Å². The zero-order chi connectivity index (χ0) is 15.0. The summed E-state index contributed by atoms with van der Waals surface area (Å²) in [6.07, 6.45) is 8.15. The van der Waals surface area contributed by atoms with Crippen LogP contribution in [0.15, 0.2) is 4.47 Å². The van der Waals surface area contributed by atoms with Crippen molar-refractivity contribution >= 4 is 15.9 Å². The molecule has 21 heavy (non-hydrogen) atoms. The highest BCUT2D eigenvalue weighted by Gasteiger charge is 2.53. The molecule has 2 aliphatic carbocycles. The first kappa shape index (κ1) is 15.5. The molecule has 2 saturated carbocycles. The van der Waals surface area contributed by atoms with E-state index in [1.807, 2.05) is 0 Å². The molecule has 1 heterocycles. The topological polar surface area (TPSA) is 29.9 Å². The van der Waals surface area contributed by atoms with Crippen molar-refractivity contribution in [3.8, 4) is 0 Å². The number of aromatic nitrogens is 2. The summed E-state index contributed by atoms with van der Waals surface area (Å²) in [5.74, 6) is 2.91. The lowest BCUT2D eigenvalue weighted by molar-refractivity contribution is 0.418. The average Bonchev–Trinajstić information content (AvgIpc) is 3.15. The van der Waals surface area contributed by atoms with E-state index in [2.05, 4.69) is 51.9 Å². The van der Waals surface area contributed by atoms with Gasteiger partial charge in [0.2, 0.25) is 0 Å². The van der Waals surface area contributed by atoms with Crippen LogP contribution in [0.25, 0.3) is 0 Å². The monoisotopic (exact) mass is 353 g/mol. The first-order valence-electron chi connectivity index (χ1n) is 8.54. The van der Waals surface area contributed by atoms with Gasteiger partial charge in [0.15, 0.2) is 0 Å². The molecule has 4 heteroatoms. The lowest BCUT2D eigenvalue weighted by Gasteiger charge is -2.19. The van der Waals surface area contributed by atoms with Gasteiger partial charge < -0.3 is 5.32 Å². The standard InChI is InChI=1S/C17H28BrN3/c1-4-9-19-14(16-12-7-5-6-8-13(12)16)10-15-17(18)11(2)20-21(15)3/h12-14,16,19H,4-10H2,1-3H3. The number of aryl methyl sites for hydroxylation is 2. The third-order valence-corrected chi connectivity index (χ3v) is 6.55. The fourth-order valence-electron chi connectivity index (χ4n) is 4.43. The molecule has 2 fully saturated rings. The first-order valence-corrected chi connectivity index (χ1v) is 9.34. The molecule has 3 nitrogen and oxygen atoms in total. The maximum atomic E-state index is 4.56. The Hall–Kier alpha value is -0.350. The minimum absolute atomic E-state index is 0.629. The van der Waals surface area contributed by atoms with Crippen molar-refractivity contribution in [2.75, 3.05) is 6.54 Å². The molecule has 0 bridgehead atoms. The molecule has 0 saturated heterocycles. The van der Waals surface area contributed by atoms with Crippen molar-refractivity contribution in [2.24, 2.45) is 24.8 Å². The summed E-state index contributed by atoms with van der Waals surface area (Å²) in [4.78, 5) is 0. The lowest BCUT2D eigenvalue weighted by Crippen LogP contribution is -2.35. The van der Waals surface area contributed by atoms with Crippen molar-refractivity contribution in [1.82, 2.24) is 15.1 Å². The normalized spacial score (nSPS) is 29.2. The van der Waals surface area contributed by atoms with Gasteiger partial charge in [-0.25, -0.2) is 0 Å². The molecule has 0 aliphatic heterocycles. The van der Waals surface area contributed by atoms with Crippen LogP contribution in [-0.4, -0.2) is 22.4 Å². The van der Waals surface area contributed by atoms with E-state index in [1.165, 1.54) is 42.3 Å². The van der Waals surface area contributed by atoms with Crippen molar-refractivity contribution in [2.45, 2.75) is 58.4 Å². The average molecular weight is 354 g/mol. The summed E-state index contributed by atoms with van der Waals surface area (Å²) in [7, 11) is 2.07. The second kappa shape index (κ2) is 6.41. The van der Waals surface area contributed by atoms with Crippen LogP contribution in [0.5, 0.6) is 0 Å². The van der Waals surface area contributed by atoms with Crippen LogP contribution in [0.1, 0.15) is 50.4 Å². The van der Waals surface area contributed by atoms with Crippen LogP contribution in [0.3, 0.4) is 0 Å². The van der Waals surface area contributed by atoms with Gasteiger partial charge in [-0.05, 0) is 66.4 Å². The van der Waals surface area contributed by atoms with Gasteiger partial charge in [-0.2, -0.15) is 5.10 Å². The molecule has 0 spiro atoms. The minimum Gasteiger partial charge on any atom is -0.313 e. The zero-order valence-electron chi connectivity index (χ0n) is 13.5. The summed E-state index contributed by atoms with van der Waals surface area (Å²) in [6, 6.07) is 0.629. The second-order valence-corrected chi connectivity index (χ2v) is 7.72. The highest BCUT2D eigenvalue weighted by molar-refractivity contribution is 9.10. The van der Waals surface area contributed by atoms with Gasteiger partial charge in [0.1, 0.15) is 0 Å². The van der Waals surface area contributed by atoms with Crippen LogP contribution in [0.2, 0.25) is 0 Å². The molecule has 0 amide bonds. The maximum Gasteiger partial charge on any atom is 0.0738 e. The fraction of sp³-hybridized carbons (Fsp3) is 0.824. The van der Waals surface area contributed by atoms with E-state index in [-0.39, 0.29) is 0 Å². The van der Waals surface area contributed by atoms with Gasteiger partial charge in [0.05, 0.1) is 15.9 Å². The highest BCUT2D eigenvalue weighted by atomic mass is 79.9. The molecular formula is C17H28BrN3. The Morgan fingerprint density at radius 2 is 2.00 bits per heavy atom. The van der Waals surface area contributed by atoms with Crippen molar-refractivity contribution in [3.63, 3.8) is 0 Å². The van der Waals surface area contributed by atoms with Gasteiger partial charge >= 0.3 is 0 Å². The third kappa shape index (κ3) is 3.07. The molecule has 118 valence electrons. The van der Waals surface area contributed by atoms with Gasteiger partial charge in [-0.1, -0.05) is 19.8 Å². The van der Waals surface area contributed by atoms with Gasteiger partial charge in [0.25, 0.3) is 0 Å². The van der Waals surface area contributed by atoms with Gasteiger partial charge in [-0.15, -0.1) is 0 Å². The number of fused-ring (bicyclic) bond motifs is 1. The van der Waals surface area contributed by atoms with E-state index in [0.717, 1.165) is 36.4 Å². The molecular weight excluding hydrogens is 326 g/mol. The predicted octanol–water partition coefficient (Wildman–Crippen LogP) is 3.84. The van der Waals surface area contributed by atoms with Crippen molar-refractivity contribution in [1.29, 1.82) is 0 Å². The summed E-state index contributed by atoms with van der Waals surface area (Å²) >= 11 is 3.73. The van der Waals surface area contributed by atoms with Crippen LogP contribution in [0, 0.1) is 24.7 Å². The Bertz CT molecular complexity index is 484. The van der Waals surface area contributed by atoms with E-state index in [9.17, 15) is 0 Å². The smallest absolute Gasteiger partial charge is 0.0738 e. The largest absolute Gasteiger partial charge is 0.313 e. The summed E-state index contributed by atoms with van der Waals surface area (Å²) in [6.45, 7) is 5.47. The third-order valence-electron chi connectivity index (χ3n) is 5.52. The Morgan fingerprint density at radius 3 is 2.52 bits per heavy atom. The summed E-state index contributed by atoms with van der Waals surface area (Å²) in [5, 5.41) is 8.39. The highest BCUT2D eigenvalue weighted by Crippen LogP contribution is 2.57. The second-order valence-electron chi connectivity index (χ2n) is 6.92. The first-order chi connectivity index (χ1) is 10.1. The lowest BCUT2D eigenvalue weighted by atomic mass is 10.0. The fourth-order valence-corrected chi connectivity index (χ4v) is 4.93. The Balaban J connectivity index is 1.73. The number of halogens is 1. The molecule has 0 aromatic carbocycles. The summed E-state index contributed by atoms with van der Waals surface area (Å²) in [5.41, 5.74) is 2.46. The Morgan fingerprint density at radius 1 is 1.33 bits per heavy atom. The molecule has 0 radical (unpaired) electrons. The maximum absolute atomic E-state index is 4.56. The number of hydrogen-bond acceptors (Lipinski definition) is 2. The minimum atomic E-state index is 0.629. The Kier molecular flexibility index (Phi) is 4.75. The predicted molar refractivity (Wildman–Crippen MR) is 90.4 cm³/mol. The van der Waals surface area contributed by atoms with Crippen molar-refractivity contribution < 1.29 is 0 Å². The zero-order valence-corrected chi connectivity index (χ0v) is 15.1. The van der Waals surface area contributed by atoms with Crippen LogP contribution >= 0.6 is 15.9 Å². The van der Waals surface area contributed by atoms with E-state index in [1.54, 1.807) is 0 Å². The van der Waals surface area contributed by atoms with E-state index in [4.69, 9.17) is 0 Å². The Labute approximate surface area is 137 Å². The molecule has 3 rings (SSSR count).